The molecule has 2 atom stereocenters. The zero-order chi connectivity index (χ0) is 27.3. The third-order valence-corrected chi connectivity index (χ3v) is 7.44. The zero-order valence-corrected chi connectivity index (χ0v) is 22.4. The van der Waals surface area contributed by atoms with E-state index in [0.717, 1.165) is 12.8 Å². The average Bonchev–Trinajstić information content (AvgIpc) is 3.38. The molecule has 204 valence electrons. The van der Waals surface area contributed by atoms with Gasteiger partial charge in [0, 0.05) is 36.4 Å². The number of esters is 1. The summed E-state index contributed by atoms with van der Waals surface area (Å²) < 4.78 is 47.9. The first-order chi connectivity index (χ1) is 18.1. The fraction of sp³-hybridized carbons (Fsp3) is 0.423. The molecule has 0 bridgehead atoms. The third-order valence-electron chi connectivity index (χ3n) is 6.54. The van der Waals surface area contributed by atoms with Crippen LogP contribution in [-0.4, -0.2) is 66.3 Å². The highest BCUT2D eigenvalue weighted by Gasteiger charge is 2.38. The van der Waals surface area contributed by atoms with Gasteiger partial charge in [0.15, 0.2) is 0 Å². The molecule has 1 aromatic carbocycles. The van der Waals surface area contributed by atoms with Gasteiger partial charge in [0.2, 0.25) is 5.91 Å². The van der Waals surface area contributed by atoms with Crippen LogP contribution in [0, 0.1) is 0 Å². The Morgan fingerprint density at radius 3 is 2.74 bits per heavy atom. The van der Waals surface area contributed by atoms with Crippen molar-refractivity contribution in [1.82, 2.24) is 9.88 Å². The minimum absolute atomic E-state index is 0.0626. The van der Waals surface area contributed by atoms with E-state index in [9.17, 15) is 18.0 Å². The lowest BCUT2D eigenvalue weighted by atomic mass is 9.84. The Hall–Kier alpha value is -2.99. The van der Waals surface area contributed by atoms with Crippen LogP contribution in [0.3, 0.4) is 0 Å². The van der Waals surface area contributed by atoms with Crippen molar-refractivity contribution < 1.29 is 36.8 Å². The van der Waals surface area contributed by atoms with Gasteiger partial charge in [0.05, 0.1) is 18.2 Å². The second-order valence-corrected chi connectivity index (χ2v) is 11.1. The molecule has 0 saturated carbocycles. The van der Waals surface area contributed by atoms with E-state index < -0.39 is 27.8 Å². The highest BCUT2D eigenvalue weighted by Crippen LogP contribution is 2.38. The molecule has 3 heterocycles. The normalized spacial score (nSPS) is 20.1. The first kappa shape index (κ1) is 28.0. The van der Waals surface area contributed by atoms with Crippen molar-refractivity contribution in [1.29, 1.82) is 0 Å². The second kappa shape index (κ2) is 12.2. The molecule has 0 radical (unpaired) electrons. The van der Waals surface area contributed by atoms with E-state index in [0.29, 0.717) is 46.5 Å². The van der Waals surface area contributed by atoms with Gasteiger partial charge in [-0.15, -0.1) is 0 Å². The van der Waals surface area contributed by atoms with E-state index in [2.05, 4.69) is 4.98 Å². The molecule has 1 aromatic heterocycles. The standard InChI is InChI=1S/C26H29ClN2O8S/c1-17-25(26(31)37-16-19-5-2-3-7-22(19)36-11-12-38(32,33)34)21(18-8-9-23(27)28-14-18)13-24(30)29(17)15-20-6-4-10-35-20/h2-3,5,7-9,14,20-21H,4,6,10-13,15-16H2,1H3,(H,32,33,34)/t20-,21+/m1/s1. The van der Waals surface area contributed by atoms with Crippen molar-refractivity contribution in [2.45, 2.75) is 44.8 Å². The Balaban J connectivity index is 1.57. The smallest absolute Gasteiger partial charge is 0.336 e. The van der Waals surface area contributed by atoms with Crippen molar-refractivity contribution in [3.05, 3.63) is 70.1 Å². The average molecular weight is 565 g/mol. The summed E-state index contributed by atoms with van der Waals surface area (Å²) in [6.07, 6.45) is 3.29. The number of hydrogen-bond donors (Lipinski definition) is 1. The number of para-hydroxylation sites is 1. The first-order valence-corrected chi connectivity index (χ1v) is 14.2. The van der Waals surface area contributed by atoms with Gasteiger partial charge in [-0.25, -0.2) is 9.78 Å². The van der Waals surface area contributed by atoms with Crippen LogP contribution in [-0.2, 0) is 35.8 Å². The summed E-state index contributed by atoms with van der Waals surface area (Å²) in [5.41, 5.74) is 2.03. The quantitative estimate of drug-likeness (QED) is 0.261. The van der Waals surface area contributed by atoms with E-state index >= 15 is 0 Å². The van der Waals surface area contributed by atoms with Crippen LogP contribution in [0.5, 0.6) is 5.75 Å². The molecule has 1 fully saturated rings. The number of halogens is 1. The van der Waals surface area contributed by atoms with Crippen LogP contribution >= 0.6 is 11.6 Å². The van der Waals surface area contributed by atoms with Crippen molar-refractivity contribution in [2.24, 2.45) is 0 Å². The zero-order valence-electron chi connectivity index (χ0n) is 20.8. The lowest BCUT2D eigenvalue weighted by Gasteiger charge is -2.35. The Labute approximate surface area is 226 Å². The number of ether oxygens (including phenoxy) is 3. The van der Waals surface area contributed by atoms with Crippen molar-refractivity contribution in [2.75, 3.05) is 25.5 Å². The Morgan fingerprint density at radius 2 is 2.05 bits per heavy atom. The molecule has 1 saturated heterocycles. The molecule has 2 aromatic rings. The van der Waals surface area contributed by atoms with Crippen LogP contribution in [0.15, 0.2) is 53.9 Å². The Kier molecular flexibility index (Phi) is 9.03. The largest absolute Gasteiger partial charge is 0.492 e. The molecular weight excluding hydrogens is 536 g/mol. The Bertz CT molecular complexity index is 1310. The molecular formula is C26H29ClN2O8S. The van der Waals surface area contributed by atoms with Crippen molar-refractivity contribution in [3.63, 3.8) is 0 Å². The highest BCUT2D eigenvalue weighted by atomic mass is 35.5. The second-order valence-electron chi connectivity index (χ2n) is 9.13. The number of aromatic nitrogens is 1. The number of amides is 1. The predicted octanol–water partition coefficient (Wildman–Crippen LogP) is 3.51. The number of carbonyl (C=O) groups is 2. The summed E-state index contributed by atoms with van der Waals surface area (Å²) >= 11 is 5.96. The molecule has 0 unspecified atom stereocenters. The van der Waals surface area contributed by atoms with Gasteiger partial charge < -0.3 is 19.1 Å². The van der Waals surface area contributed by atoms with Gasteiger partial charge in [-0.2, -0.15) is 8.42 Å². The predicted molar refractivity (Wildman–Crippen MR) is 138 cm³/mol. The molecule has 2 aliphatic heterocycles. The fourth-order valence-electron chi connectivity index (χ4n) is 4.61. The molecule has 38 heavy (non-hydrogen) atoms. The number of benzene rings is 1. The van der Waals surface area contributed by atoms with Crippen molar-refractivity contribution >= 4 is 33.6 Å². The number of nitrogens with zero attached hydrogens (tertiary/aromatic N) is 2. The first-order valence-electron chi connectivity index (χ1n) is 12.2. The lowest BCUT2D eigenvalue weighted by Crippen LogP contribution is -2.42. The molecule has 1 N–H and O–H groups in total. The van der Waals surface area contributed by atoms with Crippen LogP contribution < -0.4 is 4.74 Å². The van der Waals surface area contributed by atoms with Crippen LogP contribution in [0.1, 0.15) is 43.2 Å². The number of hydrogen-bond acceptors (Lipinski definition) is 8. The maximum atomic E-state index is 13.5. The van der Waals surface area contributed by atoms with Gasteiger partial charge in [-0.1, -0.05) is 35.9 Å². The number of pyridine rings is 1. The van der Waals surface area contributed by atoms with E-state index in [-0.39, 0.29) is 31.6 Å². The van der Waals surface area contributed by atoms with Gasteiger partial charge in [-0.05, 0) is 37.5 Å². The summed E-state index contributed by atoms with van der Waals surface area (Å²) in [7, 11) is -4.18. The molecule has 0 aliphatic carbocycles. The summed E-state index contributed by atoms with van der Waals surface area (Å²) in [5, 5.41) is 0.298. The molecule has 1 amide bonds. The van der Waals surface area contributed by atoms with Crippen molar-refractivity contribution in [3.8, 4) is 5.75 Å². The minimum Gasteiger partial charge on any atom is -0.492 e. The molecule has 2 aliphatic rings. The lowest BCUT2D eigenvalue weighted by molar-refractivity contribution is -0.141. The third kappa shape index (κ3) is 7.10. The topological polar surface area (TPSA) is 132 Å². The van der Waals surface area contributed by atoms with Gasteiger partial charge in [0.25, 0.3) is 10.1 Å². The van der Waals surface area contributed by atoms with Crippen LogP contribution in [0.25, 0.3) is 0 Å². The van der Waals surface area contributed by atoms with Gasteiger partial charge >= 0.3 is 5.97 Å². The summed E-state index contributed by atoms with van der Waals surface area (Å²) in [5.74, 6) is -1.53. The number of allylic oxidation sites excluding steroid dienone is 1. The van der Waals surface area contributed by atoms with E-state index in [1.165, 1.54) is 0 Å². The Morgan fingerprint density at radius 1 is 1.26 bits per heavy atom. The summed E-state index contributed by atoms with van der Waals surface area (Å²) in [4.78, 5) is 32.4. The minimum atomic E-state index is -4.18. The molecule has 10 nitrogen and oxygen atoms in total. The maximum absolute atomic E-state index is 13.5. The monoisotopic (exact) mass is 564 g/mol. The number of rotatable bonds is 10. The molecule has 0 spiro atoms. The van der Waals surface area contributed by atoms with Crippen LogP contribution in [0.4, 0.5) is 0 Å². The maximum Gasteiger partial charge on any atom is 0.336 e. The van der Waals surface area contributed by atoms with E-state index in [1.54, 1.807) is 54.4 Å². The van der Waals surface area contributed by atoms with Gasteiger partial charge in [0.1, 0.15) is 29.9 Å². The number of carbonyl (C=O) groups excluding carboxylic acids is 2. The SMILES string of the molecule is CC1=C(C(=O)OCc2ccccc2OCCS(=O)(=O)O)[C@H](c2ccc(Cl)nc2)CC(=O)N1C[C@H]1CCCO1. The van der Waals surface area contributed by atoms with E-state index in [1.807, 2.05) is 0 Å². The van der Waals surface area contributed by atoms with E-state index in [4.69, 9.17) is 30.4 Å². The van der Waals surface area contributed by atoms with Gasteiger partial charge in [-0.3, -0.25) is 9.35 Å². The highest BCUT2D eigenvalue weighted by molar-refractivity contribution is 7.85. The summed E-state index contributed by atoms with van der Waals surface area (Å²) in [6.45, 7) is 2.32. The molecule has 4 rings (SSSR count). The molecule has 12 heteroatoms. The fourth-order valence-corrected chi connectivity index (χ4v) is 5.02. The van der Waals surface area contributed by atoms with Crippen LogP contribution in [0.2, 0.25) is 5.15 Å². The summed E-state index contributed by atoms with van der Waals surface area (Å²) in [6, 6.07) is 10.1.